The Bertz CT molecular complexity index is 3680. The van der Waals surface area contributed by atoms with E-state index in [2.05, 4.69) is 161 Å². The van der Waals surface area contributed by atoms with Crippen LogP contribution < -0.4 is 0 Å². The molecule has 0 atom stereocenters. The van der Waals surface area contributed by atoms with E-state index in [4.69, 9.17) is 12.7 Å². The average molecular weight is 1130 g/mol. The number of aromatic hydroxyl groups is 1. The van der Waals surface area contributed by atoms with Gasteiger partial charge in [-0.05, 0) is 98.0 Å². The van der Waals surface area contributed by atoms with E-state index < -0.39 is 6.37 Å². The minimum atomic E-state index is -1.35. The van der Waals surface area contributed by atoms with Gasteiger partial charge in [0, 0.05) is 46.8 Å². The molecule has 366 valence electrons. The van der Waals surface area contributed by atoms with Gasteiger partial charge >= 0.3 is 0 Å². The number of phenolic OH excluding ortho intramolecular Hbond substituents is 1. The van der Waals surface area contributed by atoms with Gasteiger partial charge in [0.25, 0.3) is 0 Å². The molecule has 0 aliphatic heterocycles. The van der Waals surface area contributed by atoms with Gasteiger partial charge in [0.05, 0.1) is 22.3 Å². The van der Waals surface area contributed by atoms with Gasteiger partial charge in [-0.1, -0.05) is 224 Å². The number of imidazole rings is 1. The van der Waals surface area contributed by atoms with Crippen LogP contribution in [0, 0.1) is 12.0 Å². The first-order valence-electron chi connectivity index (χ1n) is 26.5. The number of para-hydroxylation sites is 2. The van der Waals surface area contributed by atoms with Crippen LogP contribution in [0.25, 0.3) is 95.0 Å². The Morgan fingerprint density at radius 2 is 1.15 bits per heavy atom. The number of aromatic nitrogens is 3. The van der Waals surface area contributed by atoms with Gasteiger partial charge in [0.2, 0.25) is 0 Å². The van der Waals surface area contributed by atoms with Crippen molar-refractivity contribution in [3.8, 4) is 89.7 Å². The molecule has 0 radical (unpaired) electrons. The van der Waals surface area contributed by atoms with Gasteiger partial charge in [0.15, 0.2) is 0 Å². The van der Waals surface area contributed by atoms with Crippen molar-refractivity contribution in [3.05, 3.63) is 217 Å². The molecule has 1 fully saturated rings. The zero-order chi connectivity index (χ0) is 51.4. The van der Waals surface area contributed by atoms with Crippen LogP contribution >= 0.6 is 0 Å². The fourth-order valence-electron chi connectivity index (χ4n) is 10.4. The van der Waals surface area contributed by atoms with Crippen molar-refractivity contribution in [1.29, 1.82) is 0 Å². The molecule has 0 amide bonds. The molecular formula is C68H62N3OPt-. The van der Waals surface area contributed by atoms with Crippen LogP contribution in [-0.4, -0.2) is 19.6 Å². The number of rotatable bonds is 10. The van der Waals surface area contributed by atoms with Crippen LogP contribution in [0.4, 0.5) is 0 Å². The molecule has 8 aromatic carbocycles. The number of fused-ring (bicyclic) bond motifs is 1. The number of nitrogens with zero attached hydrogens (tertiary/aromatic N) is 3. The smallest absolute Gasteiger partial charge is 0.148 e. The summed E-state index contributed by atoms with van der Waals surface area (Å²) in [5.74, 6) is 0.831. The van der Waals surface area contributed by atoms with E-state index in [9.17, 15) is 5.11 Å². The van der Waals surface area contributed by atoms with Crippen LogP contribution in [0.5, 0.6) is 5.75 Å². The molecule has 73 heavy (non-hydrogen) atoms. The van der Waals surface area contributed by atoms with Crippen LogP contribution in [0.3, 0.4) is 0 Å². The summed E-state index contributed by atoms with van der Waals surface area (Å²) in [6.45, 7) is 13.4. The van der Waals surface area contributed by atoms with Gasteiger partial charge < -0.3 is 5.11 Å². The summed E-state index contributed by atoms with van der Waals surface area (Å²) in [6.07, 6.45) is 4.59. The Hall–Kier alpha value is -7.13. The molecule has 10 aromatic rings. The second-order valence-corrected chi connectivity index (χ2v) is 21.5. The van der Waals surface area contributed by atoms with Gasteiger partial charge in [-0.15, -0.1) is 29.3 Å². The number of benzene rings is 8. The maximum Gasteiger partial charge on any atom is 0.148 e. The van der Waals surface area contributed by atoms with E-state index >= 15 is 0 Å². The Labute approximate surface area is 449 Å². The van der Waals surface area contributed by atoms with Crippen molar-refractivity contribution >= 4 is 11.0 Å². The van der Waals surface area contributed by atoms with Crippen LogP contribution in [0.15, 0.2) is 194 Å². The van der Waals surface area contributed by atoms with Gasteiger partial charge in [-0.3, -0.25) is 9.55 Å². The minimum Gasteiger partial charge on any atom is -0.507 e. The van der Waals surface area contributed by atoms with E-state index in [1.165, 1.54) is 5.56 Å². The third-order valence-corrected chi connectivity index (χ3v) is 14.5. The average Bonchev–Trinajstić information content (AvgIpc) is 4.11. The Balaban J connectivity index is 0.00000641. The molecule has 1 saturated carbocycles. The number of phenols is 1. The molecule has 0 bridgehead atoms. The molecule has 5 heteroatoms. The molecule has 0 unspecified atom stereocenters. The zero-order valence-corrected chi connectivity index (χ0v) is 44.8. The van der Waals surface area contributed by atoms with E-state index in [0.29, 0.717) is 11.4 Å². The number of hydrogen-bond acceptors (Lipinski definition) is 3. The van der Waals surface area contributed by atoms with Crippen molar-refractivity contribution in [2.75, 3.05) is 0 Å². The van der Waals surface area contributed by atoms with Crippen LogP contribution in [0.2, 0.25) is 0 Å². The first-order chi connectivity index (χ1) is 35.6. The quantitative estimate of drug-likeness (QED) is 0.139. The van der Waals surface area contributed by atoms with Crippen molar-refractivity contribution in [3.63, 3.8) is 0 Å². The summed E-state index contributed by atoms with van der Waals surface area (Å²) in [7, 11) is 0. The third-order valence-electron chi connectivity index (χ3n) is 14.5. The largest absolute Gasteiger partial charge is 0.507 e. The minimum absolute atomic E-state index is 0. The Morgan fingerprint density at radius 1 is 0.548 bits per heavy atom. The monoisotopic (exact) mass is 1130 g/mol. The molecule has 1 aliphatic rings. The normalized spacial score (nSPS) is 13.7. The van der Waals surface area contributed by atoms with Gasteiger partial charge in [-0.2, -0.15) is 0 Å². The standard InChI is InChI=1S/C68H62N3O.Pt/c1-67(2,3)53-35-36-62(60(44-53)49-23-11-8-12-24-49)71-63-30-18-27-56(64(63)70-66(71)59-29-17-28-58(65(59)72)57-26-16-15-25-55(57)48-21-9-7-10-22-48)51-40-52(42-54(41-51)68(4,5)6)61-43-50(37-38-69-61)47-33-31-46(32-34-47)39-45-19-13-14-20-45;/h7-12,15-18,21-38,41-45,72H,13-14,19-20,39H2,1-6H3;/q-1;/i39D2;. The Kier molecular flexibility index (Phi) is 13.1. The second-order valence-electron chi connectivity index (χ2n) is 21.5. The molecule has 2 aromatic heterocycles. The Morgan fingerprint density at radius 3 is 1.85 bits per heavy atom. The topological polar surface area (TPSA) is 50.9 Å². The van der Waals surface area contributed by atoms with Crippen molar-refractivity contribution in [1.82, 2.24) is 14.5 Å². The summed E-state index contributed by atoms with van der Waals surface area (Å²) in [5.41, 5.74) is 17.4. The fourth-order valence-corrected chi connectivity index (χ4v) is 10.4. The van der Waals surface area contributed by atoms with Crippen molar-refractivity contribution < 1.29 is 28.9 Å². The molecule has 0 saturated heterocycles. The van der Waals surface area contributed by atoms with Crippen LogP contribution in [-0.2, 0) is 38.3 Å². The molecule has 2 heterocycles. The van der Waals surface area contributed by atoms with E-state index in [1.807, 2.05) is 85.1 Å². The van der Waals surface area contributed by atoms with E-state index in [0.717, 1.165) is 120 Å². The predicted molar refractivity (Wildman–Crippen MR) is 300 cm³/mol. The van der Waals surface area contributed by atoms with Crippen LogP contribution in [0.1, 0.15) is 86.7 Å². The summed E-state index contributed by atoms with van der Waals surface area (Å²) in [6, 6.07) is 68.7. The molecule has 11 rings (SSSR count). The predicted octanol–water partition coefficient (Wildman–Crippen LogP) is 17.9. The zero-order valence-electron chi connectivity index (χ0n) is 44.5. The maximum absolute atomic E-state index is 12.8. The molecule has 0 spiro atoms. The molecule has 4 nitrogen and oxygen atoms in total. The molecule has 1 aliphatic carbocycles. The summed E-state index contributed by atoms with van der Waals surface area (Å²) in [5, 5.41) is 12.8. The van der Waals surface area contributed by atoms with E-state index in [1.54, 1.807) is 0 Å². The number of pyridine rings is 1. The van der Waals surface area contributed by atoms with E-state index in [-0.39, 0.29) is 43.6 Å². The first-order valence-corrected chi connectivity index (χ1v) is 25.5. The third kappa shape index (κ3) is 10.0. The van der Waals surface area contributed by atoms with Crippen molar-refractivity contribution in [2.24, 2.45) is 5.92 Å². The summed E-state index contributed by atoms with van der Waals surface area (Å²) >= 11 is 0. The number of hydrogen-bond donors (Lipinski definition) is 1. The maximum atomic E-state index is 12.8. The summed E-state index contributed by atoms with van der Waals surface area (Å²) < 4.78 is 20.2. The second kappa shape index (κ2) is 20.4. The summed E-state index contributed by atoms with van der Waals surface area (Å²) in [4.78, 5) is 10.6. The van der Waals surface area contributed by atoms with Gasteiger partial charge in [0.1, 0.15) is 11.6 Å². The fraction of sp³-hybridized carbons (Fsp3) is 0.206. The SMILES string of the molecule is [2H]C([2H])(c1ccc(-c2ccnc(-c3[c-]c(-c4cccc5c4nc(-c4cccc(-c6ccccc6-c6ccccc6)c4O)n5-c4ccc(C(C)(C)C)cc4-c4ccccc4)cc(C(C)(C)C)c3)c2)cc1)C1CCCC1.[Pt]. The first kappa shape index (κ1) is 46.9. The van der Waals surface area contributed by atoms with Gasteiger partial charge in [-0.25, -0.2) is 4.98 Å². The molecular weight excluding hydrogens is 1070 g/mol. The molecule has 1 N–H and O–H groups in total. The van der Waals surface area contributed by atoms with Crippen molar-refractivity contribution in [2.45, 2.75) is 84.4 Å².